The molecule has 68 valence electrons. The quantitative estimate of drug-likeness (QED) is 0.717. The zero-order valence-corrected chi connectivity index (χ0v) is 8.39. The van der Waals surface area contributed by atoms with E-state index in [2.05, 4.69) is 38.3 Å². The molecule has 2 nitrogen and oxygen atoms in total. The van der Waals surface area contributed by atoms with Crippen LogP contribution in [0.3, 0.4) is 0 Å². The monoisotopic (exact) mass is 166 g/mol. The lowest BCUT2D eigenvalue weighted by Gasteiger charge is -2.13. The molecule has 0 amide bonds. The van der Waals surface area contributed by atoms with Gasteiger partial charge in [-0.3, -0.25) is 0 Å². The Morgan fingerprint density at radius 2 is 2.00 bits per heavy atom. The van der Waals surface area contributed by atoms with Gasteiger partial charge in [0.25, 0.3) is 0 Å². The van der Waals surface area contributed by atoms with E-state index in [1.54, 1.807) is 0 Å². The van der Waals surface area contributed by atoms with Crippen molar-refractivity contribution in [1.29, 1.82) is 0 Å². The Morgan fingerprint density at radius 3 is 2.25 bits per heavy atom. The summed E-state index contributed by atoms with van der Waals surface area (Å²) in [6.07, 6.45) is 0. The summed E-state index contributed by atoms with van der Waals surface area (Å²) in [6, 6.07) is 2.71. The van der Waals surface area contributed by atoms with Crippen LogP contribution in [0.2, 0.25) is 0 Å². The Morgan fingerprint density at radius 1 is 1.42 bits per heavy atom. The van der Waals surface area contributed by atoms with Gasteiger partial charge >= 0.3 is 0 Å². The molecule has 0 aliphatic carbocycles. The average molecular weight is 166 g/mol. The number of rotatable bonds is 2. The maximum Gasteiger partial charge on any atom is 0.0279 e. The van der Waals surface area contributed by atoms with Crippen LogP contribution in [0, 0.1) is 13.8 Å². The molecule has 1 aromatic heterocycles. The van der Waals surface area contributed by atoms with Crippen molar-refractivity contribution in [2.75, 3.05) is 0 Å². The zero-order chi connectivity index (χ0) is 9.30. The van der Waals surface area contributed by atoms with Gasteiger partial charge in [-0.1, -0.05) is 0 Å². The second-order valence-corrected chi connectivity index (χ2v) is 3.56. The third kappa shape index (κ3) is 1.39. The molecular weight excluding hydrogens is 148 g/mol. The Balaban J connectivity index is 3.19. The van der Waals surface area contributed by atoms with Gasteiger partial charge in [-0.25, -0.2) is 0 Å². The summed E-state index contributed by atoms with van der Waals surface area (Å²) < 4.78 is 2.32. The Labute approximate surface area is 74.4 Å². The van der Waals surface area contributed by atoms with Gasteiger partial charge in [0.05, 0.1) is 0 Å². The first-order valence-electron chi connectivity index (χ1n) is 4.45. The summed E-state index contributed by atoms with van der Waals surface area (Å²) in [4.78, 5) is 0. The molecule has 0 atom stereocenters. The molecule has 2 heteroatoms. The molecule has 1 aromatic rings. The normalized spacial score (nSPS) is 11.2. The van der Waals surface area contributed by atoms with Crippen molar-refractivity contribution in [3.8, 4) is 0 Å². The zero-order valence-electron chi connectivity index (χ0n) is 8.39. The van der Waals surface area contributed by atoms with Gasteiger partial charge < -0.3 is 10.3 Å². The fourth-order valence-electron chi connectivity index (χ4n) is 1.85. The van der Waals surface area contributed by atoms with Gasteiger partial charge in [0, 0.05) is 24.0 Å². The van der Waals surface area contributed by atoms with Gasteiger partial charge in [0.15, 0.2) is 0 Å². The van der Waals surface area contributed by atoms with Crippen LogP contribution in [0.15, 0.2) is 6.07 Å². The number of nitrogens with two attached hydrogens (primary N) is 1. The van der Waals surface area contributed by atoms with Crippen molar-refractivity contribution in [2.45, 2.75) is 40.3 Å². The lowest BCUT2D eigenvalue weighted by molar-refractivity contribution is 0.573. The van der Waals surface area contributed by atoms with Gasteiger partial charge in [-0.15, -0.1) is 0 Å². The van der Waals surface area contributed by atoms with Crippen LogP contribution < -0.4 is 5.73 Å². The number of aryl methyl sites for hydroxylation is 1. The molecule has 12 heavy (non-hydrogen) atoms. The van der Waals surface area contributed by atoms with Crippen molar-refractivity contribution in [3.05, 3.63) is 23.0 Å². The molecule has 0 aliphatic rings. The molecule has 0 fully saturated rings. The van der Waals surface area contributed by atoms with Crippen molar-refractivity contribution in [1.82, 2.24) is 4.57 Å². The molecule has 0 saturated carbocycles. The predicted octanol–water partition coefficient (Wildman–Crippen LogP) is 2.14. The highest BCUT2D eigenvalue weighted by molar-refractivity contribution is 5.26. The van der Waals surface area contributed by atoms with E-state index < -0.39 is 0 Å². The standard InChI is InChI=1S/C10H18N2/c1-7(2)12-8(3)5-10(6-11)9(12)4/h5,7H,6,11H2,1-4H3. The Hall–Kier alpha value is -0.760. The summed E-state index contributed by atoms with van der Waals surface area (Å²) in [6.45, 7) is 9.30. The van der Waals surface area contributed by atoms with Crippen LogP contribution in [-0.4, -0.2) is 4.57 Å². The fourth-order valence-corrected chi connectivity index (χ4v) is 1.85. The molecule has 0 aliphatic heterocycles. The minimum absolute atomic E-state index is 0.533. The molecule has 0 bridgehead atoms. The van der Waals surface area contributed by atoms with Crippen molar-refractivity contribution in [3.63, 3.8) is 0 Å². The summed E-state index contributed by atoms with van der Waals surface area (Å²) in [5.74, 6) is 0. The van der Waals surface area contributed by atoms with Gasteiger partial charge in [0.2, 0.25) is 0 Å². The minimum Gasteiger partial charge on any atom is -0.346 e. The van der Waals surface area contributed by atoms with Crippen molar-refractivity contribution < 1.29 is 0 Å². The van der Waals surface area contributed by atoms with Crippen LogP contribution in [0.25, 0.3) is 0 Å². The molecule has 0 spiro atoms. The Bertz CT molecular complexity index is 272. The van der Waals surface area contributed by atoms with Crippen molar-refractivity contribution >= 4 is 0 Å². The van der Waals surface area contributed by atoms with Crippen LogP contribution in [-0.2, 0) is 6.54 Å². The number of hydrogen-bond acceptors (Lipinski definition) is 1. The number of aromatic nitrogens is 1. The second-order valence-electron chi connectivity index (χ2n) is 3.56. The van der Waals surface area contributed by atoms with E-state index in [9.17, 15) is 0 Å². The topological polar surface area (TPSA) is 30.9 Å². The van der Waals surface area contributed by atoms with E-state index in [1.807, 2.05) is 0 Å². The van der Waals surface area contributed by atoms with Gasteiger partial charge in [-0.2, -0.15) is 0 Å². The molecular formula is C10H18N2. The second kappa shape index (κ2) is 3.31. The van der Waals surface area contributed by atoms with E-state index in [1.165, 1.54) is 17.0 Å². The minimum atomic E-state index is 0.533. The molecule has 0 saturated heterocycles. The lowest BCUT2D eigenvalue weighted by Crippen LogP contribution is -2.06. The average Bonchev–Trinajstić information content (AvgIpc) is 2.25. The van der Waals surface area contributed by atoms with Gasteiger partial charge in [0.1, 0.15) is 0 Å². The highest BCUT2D eigenvalue weighted by atomic mass is 15.0. The molecule has 1 heterocycles. The first kappa shape index (κ1) is 9.33. The molecule has 0 unspecified atom stereocenters. The van der Waals surface area contributed by atoms with Crippen molar-refractivity contribution in [2.24, 2.45) is 5.73 Å². The summed E-state index contributed by atoms with van der Waals surface area (Å²) in [5.41, 5.74) is 9.50. The lowest BCUT2D eigenvalue weighted by atomic mass is 10.2. The highest BCUT2D eigenvalue weighted by Gasteiger charge is 2.09. The number of hydrogen-bond donors (Lipinski definition) is 1. The molecule has 0 aromatic carbocycles. The third-order valence-electron chi connectivity index (χ3n) is 2.33. The van der Waals surface area contributed by atoms with E-state index in [4.69, 9.17) is 5.73 Å². The molecule has 1 rings (SSSR count). The van der Waals surface area contributed by atoms with E-state index in [-0.39, 0.29) is 0 Å². The van der Waals surface area contributed by atoms with Crippen LogP contribution in [0.1, 0.15) is 36.8 Å². The fraction of sp³-hybridized carbons (Fsp3) is 0.600. The maximum absolute atomic E-state index is 5.62. The van der Waals surface area contributed by atoms with E-state index in [0.29, 0.717) is 12.6 Å². The number of nitrogens with zero attached hydrogens (tertiary/aromatic N) is 1. The SMILES string of the molecule is Cc1cc(CN)c(C)n1C(C)C. The summed E-state index contributed by atoms with van der Waals surface area (Å²) in [5, 5.41) is 0. The van der Waals surface area contributed by atoms with Gasteiger partial charge in [-0.05, 0) is 39.3 Å². The van der Waals surface area contributed by atoms with Crippen LogP contribution >= 0.6 is 0 Å². The summed E-state index contributed by atoms with van der Waals surface area (Å²) in [7, 11) is 0. The smallest absolute Gasteiger partial charge is 0.0279 e. The summed E-state index contributed by atoms with van der Waals surface area (Å²) >= 11 is 0. The first-order chi connectivity index (χ1) is 5.57. The van der Waals surface area contributed by atoms with E-state index in [0.717, 1.165) is 0 Å². The third-order valence-corrected chi connectivity index (χ3v) is 2.33. The molecule has 2 N–H and O–H groups in total. The largest absolute Gasteiger partial charge is 0.346 e. The predicted molar refractivity (Wildman–Crippen MR) is 52.2 cm³/mol. The van der Waals surface area contributed by atoms with Crippen LogP contribution in [0.4, 0.5) is 0 Å². The maximum atomic E-state index is 5.62. The highest BCUT2D eigenvalue weighted by Crippen LogP contribution is 2.19. The Kier molecular flexibility index (Phi) is 2.58. The van der Waals surface area contributed by atoms with Crippen LogP contribution in [0.5, 0.6) is 0 Å². The molecule has 0 radical (unpaired) electrons. The first-order valence-corrected chi connectivity index (χ1v) is 4.45. The van der Waals surface area contributed by atoms with E-state index >= 15 is 0 Å².